The Morgan fingerprint density at radius 2 is 1.43 bits per heavy atom. The third-order valence-electron chi connectivity index (χ3n) is 13.7. The number of carbonyl (C=O) groups is 4. The molecule has 4 unspecified atom stereocenters. The van der Waals surface area contributed by atoms with E-state index in [1.807, 2.05) is 84.9 Å². The number of methoxy groups -OCH3 is 1. The van der Waals surface area contributed by atoms with E-state index < -0.39 is 56.3 Å². The van der Waals surface area contributed by atoms with Crippen LogP contribution in [-0.4, -0.2) is 90.9 Å². The number of rotatable bonds is 26. The van der Waals surface area contributed by atoms with Crippen LogP contribution in [0.5, 0.6) is 0 Å². The number of alkyl carbamates (subject to hydrolysis) is 2. The average molecular weight is 1440 g/mol. The van der Waals surface area contributed by atoms with Crippen molar-refractivity contribution in [3.8, 4) is 11.1 Å². The predicted molar refractivity (Wildman–Crippen MR) is 313 cm³/mol. The van der Waals surface area contributed by atoms with E-state index in [4.69, 9.17) is 35.2 Å². The summed E-state index contributed by atoms with van der Waals surface area (Å²) in [6, 6.07) is 34.5. The summed E-state index contributed by atoms with van der Waals surface area (Å²) in [6.45, 7) is 13.1. The van der Waals surface area contributed by atoms with Gasteiger partial charge in [-0.25, -0.2) is 19.2 Å². The molecule has 2 amide bonds. The number of fused-ring (bicyclic) bond motifs is 3. The standard InChI is InChI=1S/C31H47NO4Si.C29H26ClF3N2O6S2.Fm/c1-7-8-9-10-11-12-19-28(33)21-20-26-17-14-18-27(32-26)23-29(36-37(5,6)31(2,3)4)24-15-13-16-25(22-24)30(34)35;1-39-25(36)24(16-42-43-18-12-10-17(11-13-18)14-40-28(38)35-26(30)29(31,32)33)34-27(37)41-15-23-21-8-4-2-6-19(21)20-7-3-5-9-22(20)23;/h13-18,20-22,28-29,33H,7-12,19,23H2,1-6H3,(H,34,35);2-13,23-24,26H,14-16H2,1H3,(H,34,37)(H,35,38);/b21-20+;;. The van der Waals surface area contributed by atoms with Gasteiger partial charge < -0.3 is 34.2 Å². The van der Waals surface area contributed by atoms with Gasteiger partial charge in [-0.1, -0.05) is 184 Å². The molecule has 0 spiro atoms. The number of unbranched alkanes of at least 4 members (excludes halogenated alkanes) is 5. The number of alkyl halides is 4. The van der Waals surface area contributed by atoms with E-state index in [2.05, 4.69) is 46.1 Å². The number of hydrogen-bond donors (Lipinski definition) is 4. The van der Waals surface area contributed by atoms with Gasteiger partial charge in [-0.2, -0.15) is 13.2 Å². The zero-order chi connectivity index (χ0) is 58.5. The van der Waals surface area contributed by atoms with Crippen LogP contribution in [0.15, 0.2) is 126 Å². The Balaban J connectivity index is 0.000000348. The summed E-state index contributed by atoms with van der Waals surface area (Å²) < 4.78 is 59.2. The molecule has 0 radical (unpaired) electrons. The van der Waals surface area contributed by atoms with Crippen molar-refractivity contribution in [3.05, 3.63) is 161 Å². The molecule has 13 nitrogen and oxygen atoms in total. The van der Waals surface area contributed by atoms with Crippen LogP contribution >= 0.6 is 33.2 Å². The number of ether oxygens (including phenoxy) is 3. The number of benzene rings is 4. The van der Waals surface area contributed by atoms with Crippen molar-refractivity contribution in [2.45, 2.75) is 145 Å². The number of carboxylic acid groups (broad SMARTS) is 1. The van der Waals surface area contributed by atoms with Crippen LogP contribution in [0.4, 0.5) is 22.8 Å². The van der Waals surface area contributed by atoms with Gasteiger partial charge >= 0.3 is 30.3 Å². The van der Waals surface area contributed by atoms with E-state index in [-0.39, 0.29) is 41.6 Å². The first kappa shape index (κ1) is 66.7. The number of aromatic nitrogens is 1. The Kier molecular flexibility index (Phi) is 26.3. The smallest absolute Gasteiger partial charge is 0.422 e. The number of aliphatic hydroxyl groups is 1. The molecule has 0 aliphatic heterocycles. The Labute approximate surface area is 481 Å². The summed E-state index contributed by atoms with van der Waals surface area (Å²) in [5.74, 6) is -1.53. The van der Waals surface area contributed by atoms with Crippen molar-refractivity contribution >= 4 is 71.7 Å². The zero-order valence-corrected chi connectivity index (χ0v) is 52.3. The first-order valence-corrected chi connectivity index (χ1v) is 32.2. The number of aromatic carboxylic acids is 1. The fourth-order valence-corrected chi connectivity index (χ4v) is 11.8. The topological polar surface area (TPSA) is 183 Å². The quantitative estimate of drug-likeness (QED) is 0.00781. The summed E-state index contributed by atoms with van der Waals surface area (Å²) in [5.41, 5.74) is 5.09. The van der Waals surface area contributed by atoms with E-state index in [1.165, 1.54) is 59.7 Å². The Bertz CT molecular complexity index is 2800. The van der Waals surface area contributed by atoms with Gasteiger partial charge in [0.05, 0.1) is 30.6 Å². The molecule has 444 valence electrons. The molecule has 1 aliphatic rings. The van der Waals surface area contributed by atoms with Crippen molar-refractivity contribution in [2.24, 2.45) is 0 Å². The van der Waals surface area contributed by atoms with E-state index in [0.717, 1.165) is 63.4 Å². The number of halogens is 4. The SMILES string of the molecule is CCCCCCCCC(O)/C=C/c1cccc(CC(O[Si](C)(C)C(C)(C)C)c2cccc(C(=O)O)c2)n1.COC(=O)C(CSSc1ccc(COC(=O)NC(Cl)C(F)(F)F)cc1)NC(=O)OCC1c2ccccc2-c2ccccc21.[Fm]. The molecule has 0 saturated heterocycles. The van der Waals surface area contributed by atoms with Gasteiger partial charge in [-0.3, -0.25) is 10.3 Å². The van der Waals surface area contributed by atoms with Gasteiger partial charge in [-0.05, 0) is 100 Å². The molecule has 6 rings (SSSR count). The van der Waals surface area contributed by atoms with E-state index in [1.54, 1.807) is 42.5 Å². The van der Waals surface area contributed by atoms with Gasteiger partial charge in [0.15, 0.2) is 8.32 Å². The molecule has 0 saturated carbocycles. The number of nitrogens with one attached hydrogen (secondary N) is 2. The number of carbonyl (C=O) groups excluding carboxylic acids is 3. The molecule has 1 heterocycles. The second-order valence-corrected chi connectivity index (χ2v) is 28.3. The Morgan fingerprint density at radius 1 is 0.815 bits per heavy atom. The van der Waals surface area contributed by atoms with Gasteiger partial charge in [0.2, 0.25) is 5.50 Å². The van der Waals surface area contributed by atoms with E-state index in [9.17, 15) is 42.6 Å². The monoisotopic (exact) mass is 1440 g/mol. The van der Waals surface area contributed by atoms with E-state index in [0.29, 0.717) is 12.0 Å². The third-order valence-corrected chi connectivity index (χ3v) is 20.9. The second kappa shape index (κ2) is 32.0. The van der Waals surface area contributed by atoms with Crippen LogP contribution in [0.25, 0.3) is 17.2 Å². The summed E-state index contributed by atoms with van der Waals surface area (Å²) in [7, 11) is 1.69. The molecule has 5 aromatic rings. The summed E-state index contributed by atoms with van der Waals surface area (Å²) in [4.78, 5) is 53.7. The molecule has 4 atom stereocenters. The number of carboxylic acids is 1. The normalized spacial score (nSPS) is 13.7. The van der Waals surface area contributed by atoms with E-state index >= 15 is 0 Å². The van der Waals surface area contributed by atoms with Crippen LogP contribution in [-0.2, 0) is 36.5 Å². The third kappa shape index (κ3) is 21.2. The Morgan fingerprint density at radius 3 is 2.05 bits per heavy atom. The molecule has 1 aliphatic carbocycles. The molecule has 4 N–H and O–H groups in total. The van der Waals surface area contributed by atoms with Crippen molar-refractivity contribution in [1.82, 2.24) is 15.6 Å². The average Bonchev–Trinajstić information content (AvgIpc) is 3.85. The van der Waals surface area contributed by atoms with Crippen LogP contribution in [0.2, 0.25) is 18.1 Å². The molecule has 0 fully saturated rings. The minimum absolute atomic E-state index is 0. The molecule has 81 heavy (non-hydrogen) atoms. The second-order valence-electron chi connectivity index (χ2n) is 20.7. The minimum Gasteiger partial charge on any atom is -0.478 e. The van der Waals surface area contributed by atoms with Gasteiger partial charge in [0, 0.05) is 28.7 Å². The number of aliphatic hydroxyl groups excluding tert-OH is 1. The zero-order valence-electron chi connectivity index (χ0n) is 46.5. The fraction of sp³-hybridized carbons (Fsp3) is 0.417. The number of nitrogens with zero attached hydrogens (tertiary/aromatic N) is 1. The molecule has 0 bridgehead atoms. The molecule has 21 heteroatoms. The molecular weight excluding hydrogens is 1360 g/mol. The molecule has 1 aromatic heterocycles. The predicted octanol–water partition coefficient (Wildman–Crippen LogP) is 15.1. The van der Waals surface area contributed by atoms with Crippen molar-refractivity contribution in [2.75, 3.05) is 19.5 Å². The Hall–Kier alpha value is -6.83. The molecular formula is C60H73ClF3FmN3O10S2Si. The van der Waals surface area contributed by atoms with Gasteiger partial charge in [-0.15, -0.1) is 0 Å². The molecule has 4 aromatic carbocycles. The van der Waals surface area contributed by atoms with Crippen LogP contribution in [0.1, 0.15) is 129 Å². The van der Waals surface area contributed by atoms with Crippen molar-refractivity contribution < 1.29 is 61.2 Å². The first-order valence-electron chi connectivity index (χ1n) is 26.5. The number of amides is 2. The summed E-state index contributed by atoms with van der Waals surface area (Å²) in [6.07, 6.45) is 4.66. The maximum absolute atomic E-state index is 12.7. The van der Waals surface area contributed by atoms with Crippen LogP contribution < -0.4 is 10.6 Å². The largest absolute Gasteiger partial charge is 0.478 e. The van der Waals surface area contributed by atoms with Gasteiger partial charge in [0.1, 0.15) is 19.3 Å². The fourth-order valence-electron chi connectivity index (χ4n) is 8.25. The summed E-state index contributed by atoms with van der Waals surface area (Å²) in [5, 5.41) is 24.0. The van der Waals surface area contributed by atoms with Crippen molar-refractivity contribution in [3.63, 3.8) is 0 Å². The van der Waals surface area contributed by atoms with Crippen LogP contribution in [0.3, 0.4) is 0 Å². The van der Waals surface area contributed by atoms with Gasteiger partial charge in [0.25, 0.3) is 0 Å². The van der Waals surface area contributed by atoms with Crippen molar-refractivity contribution in [1.29, 1.82) is 0 Å². The number of hydrogen-bond acceptors (Lipinski definition) is 12. The maximum atomic E-state index is 12.7. The summed E-state index contributed by atoms with van der Waals surface area (Å²) >= 11 is 5.06. The number of pyridine rings is 1. The first-order chi connectivity index (χ1) is 38.0. The maximum Gasteiger partial charge on any atom is 0.422 e. The number of esters is 1. The van der Waals surface area contributed by atoms with Crippen LogP contribution in [0, 0.1) is 0 Å². The minimum atomic E-state index is -4.80.